The van der Waals surface area contributed by atoms with E-state index in [4.69, 9.17) is 14.2 Å². The van der Waals surface area contributed by atoms with Gasteiger partial charge in [0, 0.05) is 51.3 Å². The lowest BCUT2D eigenvalue weighted by atomic mass is 10.1. The van der Waals surface area contributed by atoms with Crippen molar-refractivity contribution in [1.29, 1.82) is 0 Å². The predicted octanol–water partition coefficient (Wildman–Crippen LogP) is 0.839. The van der Waals surface area contributed by atoms with Gasteiger partial charge in [0.15, 0.2) is 11.5 Å². The first-order valence-electron chi connectivity index (χ1n) is 9.06. The highest BCUT2D eigenvalue weighted by Crippen LogP contribution is 2.42. The van der Waals surface area contributed by atoms with E-state index in [9.17, 15) is 9.59 Å². The maximum atomic E-state index is 12.8. The number of carbonyl (C=O) groups excluding carboxylic acids is 2. The lowest BCUT2D eigenvalue weighted by molar-refractivity contribution is -0.137. The molecule has 0 saturated carbocycles. The molecule has 1 aromatic rings. The van der Waals surface area contributed by atoms with Crippen LogP contribution < -0.4 is 19.1 Å². The van der Waals surface area contributed by atoms with Crippen LogP contribution in [0.2, 0.25) is 0 Å². The summed E-state index contributed by atoms with van der Waals surface area (Å²) < 4.78 is 16.1. The molecule has 2 heterocycles. The Morgan fingerprint density at radius 2 is 1.59 bits per heavy atom. The molecule has 148 valence electrons. The van der Waals surface area contributed by atoms with Gasteiger partial charge in [-0.25, -0.2) is 0 Å². The summed E-state index contributed by atoms with van der Waals surface area (Å²) in [6.45, 7) is 3.52. The lowest BCUT2D eigenvalue weighted by Crippen LogP contribution is -2.49. The molecule has 2 saturated heterocycles. The Bertz CT molecular complexity index is 690. The maximum Gasteiger partial charge on any atom is 0.228 e. The normalized spacial score (nSPS) is 20.7. The van der Waals surface area contributed by atoms with E-state index in [-0.39, 0.29) is 24.2 Å². The van der Waals surface area contributed by atoms with Gasteiger partial charge in [-0.15, -0.1) is 0 Å². The minimum Gasteiger partial charge on any atom is -0.493 e. The second-order valence-electron chi connectivity index (χ2n) is 6.92. The molecule has 0 radical (unpaired) electrons. The van der Waals surface area contributed by atoms with E-state index in [0.717, 1.165) is 13.1 Å². The van der Waals surface area contributed by atoms with E-state index in [2.05, 4.69) is 4.90 Å². The molecule has 0 spiro atoms. The summed E-state index contributed by atoms with van der Waals surface area (Å²) in [5.74, 6) is 1.10. The molecule has 27 heavy (non-hydrogen) atoms. The zero-order valence-electron chi connectivity index (χ0n) is 16.4. The second kappa shape index (κ2) is 8.04. The van der Waals surface area contributed by atoms with Crippen molar-refractivity contribution in [1.82, 2.24) is 9.80 Å². The van der Waals surface area contributed by atoms with Gasteiger partial charge in [0.2, 0.25) is 17.6 Å². The molecule has 3 rings (SSSR count). The predicted molar refractivity (Wildman–Crippen MR) is 101 cm³/mol. The molecule has 0 bridgehead atoms. The molecule has 2 aliphatic rings. The van der Waals surface area contributed by atoms with Gasteiger partial charge < -0.3 is 28.9 Å². The molecule has 8 nitrogen and oxygen atoms in total. The molecule has 0 N–H and O–H groups in total. The molecule has 1 atom stereocenters. The fraction of sp³-hybridized carbons (Fsp3) is 0.579. The van der Waals surface area contributed by atoms with E-state index in [1.54, 1.807) is 17.0 Å². The topological polar surface area (TPSA) is 71.6 Å². The standard InChI is InChI=1S/C19H27N3O5/c1-20-5-7-21(8-6-20)19(24)13-9-17(23)22(12-13)14-10-15(25-2)18(27-4)16(11-14)26-3/h10-11,13H,5-9,12H2,1-4H3. The van der Waals surface area contributed by atoms with Gasteiger partial charge in [-0.3, -0.25) is 9.59 Å². The summed E-state index contributed by atoms with van der Waals surface area (Å²) in [7, 11) is 6.65. The van der Waals surface area contributed by atoms with Crippen molar-refractivity contribution in [2.45, 2.75) is 6.42 Å². The third kappa shape index (κ3) is 3.80. The molecule has 8 heteroatoms. The van der Waals surface area contributed by atoms with Crippen molar-refractivity contribution in [3.8, 4) is 17.2 Å². The number of hydrogen-bond acceptors (Lipinski definition) is 6. The SMILES string of the molecule is COc1cc(N2CC(C(=O)N3CCN(C)CC3)CC2=O)cc(OC)c1OC. The number of methoxy groups -OCH3 is 3. The van der Waals surface area contributed by atoms with Gasteiger partial charge in [-0.1, -0.05) is 0 Å². The lowest BCUT2D eigenvalue weighted by Gasteiger charge is -2.33. The van der Waals surface area contributed by atoms with Crippen LogP contribution in [0, 0.1) is 5.92 Å². The van der Waals surface area contributed by atoms with Gasteiger partial charge in [0.05, 0.1) is 32.9 Å². The molecule has 0 aromatic heterocycles. The van der Waals surface area contributed by atoms with Crippen LogP contribution >= 0.6 is 0 Å². The van der Waals surface area contributed by atoms with Gasteiger partial charge in [-0.2, -0.15) is 0 Å². The summed E-state index contributed by atoms with van der Waals surface area (Å²) in [6, 6.07) is 3.48. The van der Waals surface area contributed by atoms with Crippen molar-refractivity contribution in [2.24, 2.45) is 5.92 Å². The highest BCUT2D eigenvalue weighted by molar-refractivity contribution is 6.00. The zero-order valence-corrected chi connectivity index (χ0v) is 16.4. The number of carbonyl (C=O) groups is 2. The summed E-state index contributed by atoms with van der Waals surface area (Å²) in [6.07, 6.45) is 0.224. The van der Waals surface area contributed by atoms with Crippen LogP contribution in [-0.2, 0) is 9.59 Å². The maximum absolute atomic E-state index is 12.8. The first-order valence-corrected chi connectivity index (χ1v) is 9.06. The molecule has 2 aliphatic heterocycles. The monoisotopic (exact) mass is 377 g/mol. The number of rotatable bonds is 5. The average molecular weight is 377 g/mol. The van der Waals surface area contributed by atoms with Crippen LogP contribution in [0.4, 0.5) is 5.69 Å². The Labute approximate surface area is 159 Å². The minimum atomic E-state index is -0.319. The van der Waals surface area contributed by atoms with E-state index in [1.807, 2.05) is 11.9 Å². The van der Waals surface area contributed by atoms with Crippen LogP contribution in [0.25, 0.3) is 0 Å². The summed E-state index contributed by atoms with van der Waals surface area (Å²) >= 11 is 0. The number of amides is 2. The van der Waals surface area contributed by atoms with E-state index >= 15 is 0 Å². The molecular weight excluding hydrogens is 350 g/mol. The first-order chi connectivity index (χ1) is 13.0. The Morgan fingerprint density at radius 3 is 2.11 bits per heavy atom. The highest BCUT2D eigenvalue weighted by atomic mass is 16.5. The number of hydrogen-bond donors (Lipinski definition) is 0. The fourth-order valence-electron chi connectivity index (χ4n) is 3.63. The summed E-state index contributed by atoms with van der Waals surface area (Å²) in [5.41, 5.74) is 0.642. The third-order valence-electron chi connectivity index (χ3n) is 5.25. The Morgan fingerprint density at radius 1 is 1.00 bits per heavy atom. The van der Waals surface area contributed by atoms with Crippen molar-refractivity contribution < 1.29 is 23.8 Å². The van der Waals surface area contributed by atoms with E-state index in [0.29, 0.717) is 42.6 Å². The fourth-order valence-corrected chi connectivity index (χ4v) is 3.63. The molecule has 1 unspecified atom stereocenters. The van der Waals surface area contributed by atoms with Gasteiger partial charge in [-0.05, 0) is 7.05 Å². The quantitative estimate of drug-likeness (QED) is 0.757. The average Bonchev–Trinajstić information content (AvgIpc) is 3.08. The van der Waals surface area contributed by atoms with Gasteiger partial charge in [0.1, 0.15) is 0 Å². The van der Waals surface area contributed by atoms with Crippen LogP contribution in [0.15, 0.2) is 12.1 Å². The number of benzene rings is 1. The van der Waals surface area contributed by atoms with E-state index < -0.39 is 0 Å². The number of piperazine rings is 1. The summed E-state index contributed by atoms with van der Waals surface area (Å²) in [4.78, 5) is 31.1. The molecule has 2 amide bonds. The molecular formula is C19H27N3O5. The number of ether oxygens (including phenoxy) is 3. The van der Waals surface area contributed by atoms with Crippen molar-refractivity contribution in [3.63, 3.8) is 0 Å². The number of likely N-dealkylation sites (N-methyl/N-ethyl adjacent to an activating group) is 1. The van der Waals surface area contributed by atoms with Crippen molar-refractivity contribution in [2.75, 3.05) is 66.0 Å². The van der Waals surface area contributed by atoms with Crippen LogP contribution in [0.3, 0.4) is 0 Å². The molecule has 1 aromatic carbocycles. The second-order valence-corrected chi connectivity index (χ2v) is 6.92. The van der Waals surface area contributed by atoms with Crippen LogP contribution in [0.5, 0.6) is 17.2 Å². The first kappa shape index (κ1) is 19.3. The Kier molecular flexibility index (Phi) is 5.74. The van der Waals surface area contributed by atoms with E-state index in [1.165, 1.54) is 21.3 Å². The van der Waals surface area contributed by atoms with Gasteiger partial charge >= 0.3 is 0 Å². The van der Waals surface area contributed by atoms with Crippen LogP contribution in [0.1, 0.15) is 6.42 Å². The van der Waals surface area contributed by atoms with Gasteiger partial charge in [0.25, 0.3) is 0 Å². The third-order valence-corrected chi connectivity index (χ3v) is 5.25. The molecule has 0 aliphatic carbocycles. The zero-order chi connectivity index (χ0) is 19.6. The van der Waals surface area contributed by atoms with Crippen LogP contribution in [-0.4, -0.2) is 82.7 Å². The number of anilines is 1. The van der Waals surface area contributed by atoms with Crippen molar-refractivity contribution in [3.05, 3.63) is 12.1 Å². The number of nitrogens with zero attached hydrogens (tertiary/aromatic N) is 3. The molecule has 2 fully saturated rings. The van der Waals surface area contributed by atoms with Crippen molar-refractivity contribution >= 4 is 17.5 Å². The highest BCUT2D eigenvalue weighted by Gasteiger charge is 2.38. The summed E-state index contributed by atoms with van der Waals surface area (Å²) in [5, 5.41) is 0. The Balaban J connectivity index is 1.78. The Hall–Kier alpha value is -2.48. The largest absolute Gasteiger partial charge is 0.493 e. The smallest absolute Gasteiger partial charge is 0.228 e. The minimum absolute atomic E-state index is 0.0615.